The average molecular weight is 331 g/mol. The molecular formula is C12H12Cl2N4OS. The first-order chi connectivity index (χ1) is 9.62. The minimum Gasteiger partial charge on any atom is -0.377 e. The molecule has 0 spiro atoms. The van der Waals surface area contributed by atoms with Crippen molar-refractivity contribution in [3.05, 3.63) is 40.1 Å². The summed E-state index contributed by atoms with van der Waals surface area (Å²) in [6.45, 7) is 0.310. The fraction of sp³-hybridized carbons (Fsp3) is 0.167. The molecule has 1 heterocycles. The van der Waals surface area contributed by atoms with Crippen LogP contribution in [0.1, 0.15) is 5.82 Å². The maximum absolute atomic E-state index is 5.99. The Kier molecular flexibility index (Phi) is 5.45. The monoisotopic (exact) mass is 330 g/mol. The first-order valence-corrected chi connectivity index (χ1v) is 7.16. The number of rotatable bonds is 5. The molecule has 1 aromatic heterocycles. The van der Waals surface area contributed by atoms with E-state index < -0.39 is 0 Å². The van der Waals surface area contributed by atoms with Crippen LogP contribution in [-0.2, 0) is 11.3 Å². The smallest absolute Gasteiger partial charge is 0.157 e. The summed E-state index contributed by atoms with van der Waals surface area (Å²) < 4.78 is 5.03. The van der Waals surface area contributed by atoms with Crippen LogP contribution in [0.5, 0.6) is 0 Å². The van der Waals surface area contributed by atoms with Crippen LogP contribution in [0.15, 0.2) is 34.2 Å². The van der Waals surface area contributed by atoms with Gasteiger partial charge in [0, 0.05) is 18.1 Å². The van der Waals surface area contributed by atoms with Gasteiger partial charge < -0.3 is 10.2 Å². The maximum atomic E-state index is 5.99. The predicted octanol–water partition coefficient (Wildman–Crippen LogP) is 3.37. The Labute approximate surface area is 130 Å². The van der Waals surface area contributed by atoms with Crippen molar-refractivity contribution in [3.8, 4) is 0 Å². The van der Waals surface area contributed by atoms with Crippen molar-refractivity contribution in [1.82, 2.24) is 9.97 Å². The van der Waals surface area contributed by atoms with E-state index in [0.717, 1.165) is 9.92 Å². The number of methoxy groups -OCH3 is 1. The van der Waals surface area contributed by atoms with E-state index in [9.17, 15) is 0 Å². The SMILES string of the molecule is COCc1nc(NN)cc(Sc2ccc(Cl)c(Cl)c2)n1. The Hall–Kier alpha value is -1.05. The zero-order chi connectivity index (χ0) is 14.5. The van der Waals surface area contributed by atoms with Gasteiger partial charge in [-0.1, -0.05) is 35.0 Å². The molecule has 20 heavy (non-hydrogen) atoms. The second-order valence-corrected chi connectivity index (χ2v) is 5.67. The van der Waals surface area contributed by atoms with Crippen LogP contribution in [0, 0.1) is 0 Å². The number of hydrogen-bond acceptors (Lipinski definition) is 6. The lowest BCUT2D eigenvalue weighted by molar-refractivity contribution is 0.177. The summed E-state index contributed by atoms with van der Waals surface area (Å²) in [5, 5.41) is 1.75. The average Bonchev–Trinajstić information content (AvgIpc) is 2.43. The number of hydrazine groups is 1. The summed E-state index contributed by atoms with van der Waals surface area (Å²) in [5.74, 6) is 6.46. The molecule has 0 atom stereocenters. The minimum absolute atomic E-state index is 0.310. The van der Waals surface area contributed by atoms with E-state index in [0.29, 0.717) is 28.3 Å². The summed E-state index contributed by atoms with van der Waals surface area (Å²) in [4.78, 5) is 9.48. The molecule has 0 radical (unpaired) electrons. The number of benzene rings is 1. The van der Waals surface area contributed by atoms with Crippen LogP contribution in [0.3, 0.4) is 0 Å². The molecule has 0 fully saturated rings. The van der Waals surface area contributed by atoms with Gasteiger partial charge in [0.2, 0.25) is 0 Å². The van der Waals surface area contributed by atoms with Gasteiger partial charge in [-0.05, 0) is 18.2 Å². The normalized spacial score (nSPS) is 10.6. The highest BCUT2D eigenvalue weighted by Crippen LogP contribution is 2.32. The molecule has 2 rings (SSSR count). The number of anilines is 1. The van der Waals surface area contributed by atoms with E-state index in [1.54, 1.807) is 25.3 Å². The Balaban J connectivity index is 2.27. The van der Waals surface area contributed by atoms with E-state index >= 15 is 0 Å². The van der Waals surface area contributed by atoms with Crippen LogP contribution in [0.2, 0.25) is 10.0 Å². The maximum Gasteiger partial charge on any atom is 0.157 e. The molecule has 0 saturated heterocycles. The third kappa shape index (κ3) is 3.97. The fourth-order valence-corrected chi connectivity index (χ4v) is 2.69. The van der Waals surface area contributed by atoms with E-state index in [4.69, 9.17) is 33.8 Å². The molecule has 0 aliphatic rings. The first kappa shape index (κ1) is 15.3. The van der Waals surface area contributed by atoms with Crippen LogP contribution in [-0.4, -0.2) is 17.1 Å². The second kappa shape index (κ2) is 7.10. The molecule has 3 N–H and O–H groups in total. The predicted molar refractivity (Wildman–Crippen MR) is 81.1 cm³/mol. The Morgan fingerprint density at radius 2 is 2.05 bits per heavy atom. The van der Waals surface area contributed by atoms with E-state index in [1.165, 1.54) is 11.8 Å². The van der Waals surface area contributed by atoms with Crippen LogP contribution in [0.25, 0.3) is 0 Å². The third-order valence-electron chi connectivity index (χ3n) is 2.28. The summed E-state index contributed by atoms with van der Waals surface area (Å²) in [7, 11) is 1.58. The van der Waals surface area contributed by atoms with Gasteiger partial charge in [-0.3, -0.25) is 0 Å². The van der Waals surface area contributed by atoms with Crippen molar-refractivity contribution in [2.24, 2.45) is 5.84 Å². The zero-order valence-corrected chi connectivity index (χ0v) is 12.9. The highest BCUT2D eigenvalue weighted by Gasteiger charge is 2.07. The lowest BCUT2D eigenvalue weighted by atomic mass is 10.4. The molecule has 106 valence electrons. The topological polar surface area (TPSA) is 73.1 Å². The standard InChI is InChI=1S/C12H12Cl2N4OS/c1-19-6-11-16-10(18-15)5-12(17-11)20-7-2-3-8(13)9(14)4-7/h2-5H,6,15H2,1H3,(H,16,17,18). The molecule has 0 bridgehead atoms. The number of hydrogen-bond donors (Lipinski definition) is 2. The van der Waals surface area contributed by atoms with Crippen molar-refractivity contribution in [3.63, 3.8) is 0 Å². The Morgan fingerprint density at radius 1 is 1.25 bits per heavy atom. The summed E-state index contributed by atoms with van der Waals surface area (Å²) in [5.41, 5.74) is 2.51. The number of halogens is 2. The van der Waals surface area contributed by atoms with Gasteiger partial charge in [0.05, 0.1) is 10.0 Å². The van der Waals surface area contributed by atoms with Gasteiger partial charge in [-0.25, -0.2) is 15.8 Å². The summed E-state index contributed by atoms with van der Waals surface area (Å²) >= 11 is 13.3. The van der Waals surface area contributed by atoms with Crippen molar-refractivity contribution in [1.29, 1.82) is 0 Å². The van der Waals surface area contributed by atoms with Crippen molar-refractivity contribution in [2.75, 3.05) is 12.5 Å². The van der Waals surface area contributed by atoms with Crippen molar-refractivity contribution in [2.45, 2.75) is 16.5 Å². The van der Waals surface area contributed by atoms with Crippen molar-refractivity contribution >= 4 is 40.8 Å². The Morgan fingerprint density at radius 3 is 2.70 bits per heavy atom. The summed E-state index contributed by atoms with van der Waals surface area (Å²) in [6.07, 6.45) is 0. The van der Waals surface area contributed by atoms with Gasteiger partial charge in [0.1, 0.15) is 17.5 Å². The number of aromatic nitrogens is 2. The highest BCUT2D eigenvalue weighted by molar-refractivity contribution is 7.99. The van der Waals surface area contributed by atoms with Gasteiger partial charge in [0.15, 0.2) is 5.82 Å². The quantitative estimate of drug-likeness (QED) is 0.497. The lowest BCUT2D eigenvalue weighted by Crippen LogP contribution is -2.11. The summed E-state index contributed by atoms with van der Waals surface area (Å²) in [6, 6.07) is 7.13. The zero-order valence-electron chi connectivity index (χ0n) is 10.6. The number of nitrogens with zero attached hydrogens (tertiary/aromatic N) is 2. The van der Waals surface area contributed by atoms with Crippen molar-refractivity contribution < 1.29 is 4.74 Å². The van der Waals surface area contributed by atoms with Gasteiger partial charge >= 0.3 is 0 Å². The van der Waals surface area contributed by atoms with E-state index in [-0.39, 0.29) is 0 Å². The first-order valence-electron chi connectivity index (χ1n) is 5.59. The van der Waals surface area contributed by atoms with Crippen LogP contribution >= 0.6 is 35.0 Å². The van der Waals surface area contributed by atoms with Gasteiger partial charge in [-0.15, -0.1) is 0 Å². The fourth-order valence-electron chi connectivity index (χ4n) is 1.45. The lowest BCUT2D eigenvalue weighted by Gasteiger charge is -2.07. The molecule has 1 aromatic carbocycles. The molecule has 0 aliphatic carbocycles. The Bertz CT molecular complexity index is 612. The van der Waals surface area contributed by atoms with Gasteiger partial charge in [0.25, 0.3) is 0 Å². The molecule has 0 saturated carbocycles. The molecule has 2 aromatic rings. The third-order valence-corrected chi connectivity index (χ3v) is 3.93. The number of nitrogens with two attached hydrogens (primary N) is 1. The van der Waals surface area contributed by atoms with E-state index in [1.807, 2.05) is 6.07 Å². The molecule has 8 heteroatoms. The highest BCUT2D eigenvalue weighted by atomic mass is 35.5. The molecule has 0 amide bonds. The van der Waals surface area contributed by atoms with E-state index in [2.05, 4.69) is 15.4 Å². The second-order valence-electron chi connectivity index (χ2n) is 3.76. The van der Waals surface area contributed by atoms with Crippen LogP contribution in [0.4, 0.5) is 5.82 Å². The molecule has 5 nitrogen and oxygen atoms in total. The van der Waals surface area contributed by atoms with Gasteiger partial charge in [-0.2, -0.15) is 0 Å². The number of ether oxygens (including phenoxy) is 1. The molecular weight excluding hydrogens is 319 g/mol. The minimum atomic E-state index is 0.310. The largest absolute Gasteiger partial charge is 0.377 e. The number of nitrogen functional groups attached to an aromatic ring is 1. The molecule has 0 unspecified atom stereocenters. The number of nitrogens with one attached hydrogen (secondary N) is 1. The molecule has 0 aliphatic heterocycles. The van der Waals surface area contributed by atoms with Crippen LogP contribution < -0.4 is 11.3 Å².